The van der Waals surface area contributed by atoms with Crippen molar-refractivity contribution in [3.05, 3.63) is 59.7 Å². The molecule has 0 radical (unpaired) electrons. The quantitative estimate of drug-likeness (QED) is 0.844. The lowest BCUT2D eigenvalue weighted by molar-refractivity contribution is -0.119. The van der Waals surface area contributed by atoms with Gasteiger partial charge < -0.3 is 10.1 Å². The number of amides is 1. The highest BCUT2D eigenvalue weighted by Crippen LogP contribution is 2.36. The third kappa shape index (κ3) is 4.29. The van der Waals surface area contributed by atoms with E-state index in [-0.39, 0.29) is 5.91 Å². The molecule has 1 atom stereocenters. The topological polar surface area (TPSA) is 38.3 Å². The first kappa shape index (κ1) is 15.9. The molecule has 3 nitrogen and oxygen atoms in total. The molecule has 0 saturated heterocycles. The van der Waals surface area contributed by atoms with E-state index in [1.165, 1.54) is 16.0 Å². The summed E-state index contributed by atoms with van der Waals surface area (Å²) < 4.78 is 5.83. The molecule has 120 valence electrons. The van der Waals surface area contributed by atoms with E-state index in [1.54, 1.807) is 6.92 Å². The summed E-state index contributed by atoms with van der Waals surface area (Å²) in [5, 5.41) is 2.92. The van der Waals surface area contributed by atoms with Crippen LogP contribution in [0.5, 0.6) is 5.75 Å². The van der Waals surface area contributed by atoms with E-state index in [9.17, 15) is 4.79 Å². The highest BCUT2D eigenvalue weighted by Gasteiger charge is 2.21. The summed E-state index contributed by atoms with van der Waals surface area (Å²) in [4.78, 5) is 12.3. The van der Waals surface area contributed by atoms with Gasteiger partial charge in [-0.3, -0.25) is 4.79 Å². The second-order valence-corrected chi connectivity index (χ2v) is 6.79. The summed E-state index contributed by atoms with van der Waals surface area (Å²) >= 11 is 1.82. The van der Waals surface area contributed by atoms with Crippen molar-refractivity contribution in [2.75, 3.05) is 13.2 Å². The van der Waals surface area contributed by atoms with E-state index in [4.69, 9.17) is 4.74 Å². The molecule has 1 N–H and O–H groups in total. The van der Waals surface area contributed by atoms with Crippen LogP contribution in [0.3, 0.4) is 0 Å². The Balaban J connectivity index is 1.67. The summed E-state index contributed by atoms with van der Waals surface area (Å²) in [7, 11) is 0. The second-order valence-electron chi connectivity index (χ2n) is 5.75. The van der Waals surface area contributed by atoms with Gasteiger partial charge in [-0.1, -0.05) is 36.4 Å². The van der Waals surface area contributed by atoms with Crippen molar-refractivity contribution in [2.24, 2.45) is 0 Å². The molecular formula is C19H21NO2S. The molecule has 0 saturated carbocycles. The lowest BCUT2D eigenvalue weighted by Gasteiger charge is -2.26. The molecule has 0 spiro atoms. The molecule has 0 aromatic heterocycles. The number of carbonyl (C=O) groups is 1. The standard InChI is InChI=1S/C19H21NO2S/c1-14(21)20-12-16-9-10-22-19-11-17(7-8-18(16)19)23-13-15-5-3-2-4-6-15/h2-8,11,16H,9-10,12-13H2,1H3,(H,20,21). The highest BCUT2D eigenvalue weighted by molar-refractivity contribution is 7.98. The Bertz CT molecular complexity index is 672. The number of ether oxygens (including phenoxy) is 1. The maximum absolute atomic E-state index is 11.1. The Morgan fingerprint density at radius 3 is 2.87 bits per heavy atom. The Morgan fingerprint density at radius 1 is 1.26 bits per heavy atom. The molecule has 4 heteroatoms. The Kier molecular flexibility index (Phi) is 5.23. The molecular weight excluding hydrogens is 306 g/mol. The molecule has 0 aliphatic carbocycles. The number of thioether (sulfide) groups is 1. The fourth-order valence-corrected chi connectivity index (χ4v) is 3.63. The first-order chi connectivity index (χ1) is 11.2. The number of benzene rings is 2. The van der Waals surface area contributed by atoms with Crippen molar-refractivity contribution in [3.63, 3.8) is 0 Å². The number of hydrogen-bond acceptors (Lipinski definition) is 3. The summed E-state index contributed by atoms with van der Waals surface area (Å²) in [6, 6.07) is 16.9. The van der Waals surface area contributed by atoms with E-state index < -0.39 is 0 Å². The van der Waals surface area contributed by atoms with Crippen molar-refractivity contribution in [2.45, 2.75) is 29.9 Å². The molecule has 2 aromatic carbocycles. The maximum atomic E-state index is 11.1. The number of rotatable bonds is 5. The predicted octanol–water partition coefficient (Wildman–Crippen LogP) is 3.98. The smallest absolute Gasteiger partial charge is 0.216 e. The van der Waals surface area contributed by atoms with Crippen molar-refractivity contribution in [3.8, 4) is 5.75 Å². The average Bonchev–Trinajstić information content (AvgIpc) is 2.58. The SMILES string of the molecule is CC(=O)NCC1CCOc2cc(SCc3ccccc3)ccc21. The molecule has 23 heavy (non-hydrogen) atoms. The van der Waals surface area contributed by atoms with E-state index in [1.807, 2.05) is 17.8 Å². The molecule has 1 aliphatic rings. The summed E-state index contributed by atoms with van der Waals surface area (Å²) in [5.74, 6) is 2.28. The molecule has 2 aromatic rings. The van der Waals surface area contributed by atoms with Gasteiger partial charge in [-0.25, -0.2) is 0 Å². The lowest BCUT2D eigenvalue weighted by atomic mass is 9.93. The average molecular weight is 327 g/mol. The van der Waals surface area contributed by atoms with Crippen LogP contribution in [0, 0.1) is 0 Å². The van der Waals surface area contributed by atoms with Crippen LogP contribution in [0.25, 0.3) is 0 Å². The zero-order valence-corrected chi connectivity index (χ0v) is 14.1. The van der Waals surface area contributed by atoms with Crippen LogP contribution in [0.15, 0.2) is 53.4 Å². The van der Waals surface area contributed by atoms with E-state index in [0.717, 1.165) is 17.9 Å². The molecule has 0 bridgehead atoms. The molecule has 1 unspecified atom stereocenters. The van der Waals surface area contributed by atoms with Crippen LogP contribution in [0.2, 0.25) is 0 Å². The third-order valence-electron chi connectivity index (χ3n) is 3.99. The summed E-state index contributed by atoms with van der Waals surface area (Å²) in [6.45, 7) is 2.95. The van der Waals surface area contributed by atoms with Crippen molar-refractivity contribution < 1.29 is 9.53 Å². The zero-order chi connectivity index (χ0) is 16.1. The molecule has 1 amide bonds. The Morgan fingerprint density at radius 2 is 2.09 bits per heavy atom. The monoisotopic (exact) mass is 327 g/mol. The maximum Gasteiger partial charge on any atom is 0.216 e. The Labute approximate surface area is 141 Å². The molecule has 1 aliphatic heterocycles. The van der Waals surface area contributed by atoms with Crippen LogP contribution in [0.1, 0.15) is 30.4 Å². The number of fused-ring (bicyclic) bond motifs is 1. The zero-order valence-electron chi connectivity index (χ0n) is 13.2. The minimum Gasteiger partial charge on any atom is -0.493 e. The lowest BCUT2D eigenvalue weighted by Crippen LogP contribution is -2.28. The van der Waals surface area contributed by atoms with Crippen LogP contribution in [0.4, 0.5) is 0 Å². The highest BCUT2D eigenvalue weighted by atomic mass is 32.2. The van der Waals surface area contributed by atoms with Gasteiger partial charge >= 0.3 is 0 Å². The Hall–Kier alpha value is -1.94. The number of hydrogen-bond donors (Lipinski definition) is 1. The minimum atomic E-state index is 0.0214. The van der Waals surface area contributed by atoms with E-state index >= 15 is 0 Å². The van der Waals surface area contributed by atoms with Crippen LogP contribution < -0.4 is 10.1 Å². The van der Waals surface area contributed by atoms with Gasteiger partial charge in [0.25, 0.3) is 0 Å². The number of carbonyl (C=O) groups excluding carboxylic acids is 1. The van der Waals surface area contributed by atoms with Crippen molar-refractivity contribution in [1.82, 2.24) is 5.32 Å². The third-order valence-corrected chi connectivity index (χ3v) is 5.06. The predicted molar refractivity (Wildman–Crippen MR) is 94.0 cm³/mol. The fourth-order valence-electron chi connectivity index (χ4n) is 2.75. The molecule has 3 rings (SSSR count). The summed E-state index contributed by atoms with van der Waals surface area (Å²) in [5.41, 5.74) is 2.52. The van der Waals surface area contributed by atoms with Crippen LogP contribution in [-0.4, -0.2) is 19.1 Å². The van der Waals surface area contributed by atoms with Crippen LogP contribution >= 0.6 is 11.8 Å². The molecule has 1 heterocycles. The first-order valence-electron chi connectivity index (χ1n) is 7.90. The van der Waals surface area contributed by atoms with Gasteiger partial charge in [0, 0.05) is 30.0 Å². The molecule has 0 fully saturated rings. The van der Waals surface area contributed by atoms with E-state index in [0.29, 0.717) is 19.1 Å². The van der Waals surface area contributed by atoms with Gasteiger partial charge in [0.15, 0.2) is 0 Å². The summed E-state index contributed by atoms with van der Waals surface area (Å²) in [6.07, 6.45) is 0.948. The van der Waals surface area contributed by atoms with Crippen molar-refractivity contribution >= 4 is 17.7 Å². The largest absolute Gasteiger partial charge is 0.493 e. The van der Waals surface area contributed by atoms with Gasteiger partial charge in [-0.2, -0.15) is 0 Å². The first-order valence-corrected chi connectivity index (χ1v) is 8.89. The second kappa shape index (κ2) is 7.55. The number of nitrogens with one attached hydrogen (secondary N) is 1. The van der Waals surface area contributed by atoms with Crippen molar-refractivity contribution in [1.29, 1.82) is 0 Å². The van der Waals surface area contributed by atoms with Crippen LogP contribution in [-0.2, 0) is 10.5 Å². The van der Waals surface area contributed by atoms with Gasteiger partial charge in [0.1, 0.15) is 5.75 Å². The minimum absolute atomic E-state index is 0.0214. The van der Waals surface area contributed by atoms with E-state index in [2.05, 4.69) is 47.8 Å². The van der Waals surface area contributed by atoms with Gasteiger partial charge in [-0.15, -0.1) is 11.8 Å². The van der Waals surface area contributed by atoms with Gasteiger partial charge in [0.05, 0.1) is 6.61 Å². The fraction of sp³-hybridized carbons (Fsp3) is 0.316. The van der Waals surface area contributed by atoms with Gasteiger partial charge in [0.2, 0.25) is 5.91 Å². The normalized spacial score (nSPS) is 16.3. The van der Waals surface area contributed by atoms with Gasteiger partial charge in [-0.05, 0) is 29.7 Å².